The molecule has 6 nitrogen and oxygen atoms in total. The van der Waals surface area contributed by atoms with E-state index in [1.54, 1.807) is 42.6 Å². The van der Waals surface area contributed by atoms with E-state index in [1.165, 1.54) is 6.07 Å². The summed E-state index contributed by atoms with van der Waals surface area (Å²) in [6, 6.07) is 14.0. The maximum Gasteiger partial charge on any atom is 0.326 e. The average Bonchev–Trinajstić information content (AvgIpc) is 2.86. The monoisotopic (exact) mass is 525 g/mol. The van der Waals surface area contributed by atoms with E-state index in [0.717, 1.165) is 12.1 Å². The van der Waals surface area contributed by atoms with Crippen molar-refractivity contribution in [3.63, 3.8) is 0 Å². The molecule has 1 heterocycles. The number of pyridine rings is 1. The molecule has 0 saturated heterocycles. The Balaban J connectivity index is 1.71. The van der Waals surface area contributed by atoms with Crippen molar-refractivity contribution in [2.75, 3.05) is 0 Å². The van der Waals surface area contributed by atoms with Crippen LogP contribution in [0.15, 0.2) is 60.8 Å². The number of fused-ring (bicyclic) bond motifs is 1. The quantitative estimate of drug-likeness (QED) is 0.310. The summed E-state index contributed by atoms with van der Waals surface area (Å²) in [5.74, 6) is -5.30. The van der Waals surface area contributed by atoms with E-state index in [2.05, 4.69) is 10.3 Å². The second-order valence-electron chi connectivity index (χ2n) is 7.76. The van der Waals surface area contributed by atoms with Crippen LogP contribution < -0.4 is 5.32 Å². The Labute approximate surface area is 213 Å². The van der Waals surface area contributed by atoms with E-state index in [4.69, 9.17) is 28.5 Å². The van der Waals surface area contributed by atoms with Crippen molar-refractivity contribution in [1.29, 1.82) is 5.26 Å². The van der Waals surface area contributed by atoms with Gasteiger partial charge in [0.25, 0.3) is 5.91 Å². The maximum absolute atomic E-state index is 14.2. The lowest BCUT2D eigenvalue weighted by atomic mass is 9.94. The number of nitrogens with zero attached hydrogens (tertiary/aromatic N) is 2. The third-order valence-corrected chi connectivity index (χ3v) is 6.17. The number of nitrogens with one attached hydrogen (secondary N) is 1. The van der Waals surface area contributed by atoms with Crippen LogP contribution in [0.5, 0.6) is 0 Å². The third kappa shape index (κ3) is 4.85. The zero-order valence-corrected chi connectivity index (χ0v) is 19.7. The fourth-order valence-corrected chi connectivity index (χ4v) is 4.33. The van der Waals surface area contributed by atoms with Gasteiger partial charge in [-0.05, 0) is 35.9 Å². The van der Waals surface area contributed by atoms with Gasteiger partial charge in [-0.2, -0.15) is 5.26 Å². The van der Waals surface area contributed by atoms with Crippen molar-refractivity contribution in [1.82, 2.24) is 10.3 Å². The number of carboxylic acids is 1. The predicted octanol–water partition coefficient (Wildman–Crippen LogP) is 5.78. The van der Waals surface area contributed by atoms with E-state index in [1.807, 2.05) is 6.07 Å². The summed E-state index contributed by atoms with van der Waals surface area (Å²) < 4.78 is 27.8. The van der Waals surface area contributed by atoms with E-state index in [-0.39, 0.29) is 11.4 Å². The minimum Gasteiger partial charge on any atom is -0.480 e. The second kappa shape index (κ2) is 10.3. The van der Waals surface area contributed by atoms with Gasteiger partial charge in [0.15, 0.2) is 11.6 Å². The number of rotatable bonds is 6. The summed E-state index contributed by atoms with van der Waals surface area (Å²) in [6.07, 6.45) is 1.39. The van der Waals surface area contributed by atoms with Crippen LogP contribution in [0.2, 0.25) is 10.0 Å². The van der Waals surface area contributed by atoms with E-state index < -0.39 is 35.1 Å². The molecule has 0 unspecified atom stereocenters. The fourth-order valence-electron chi connectivity index (χ4n) is 3.82. The largest absolute Gasteiger partial charge is 0.480 e. The number of amides is 1. The number of aromatic nitrogens is 1. The lowest BCUT2D eigenvalue weighted by Crippen LogP contribution is -2.42. The van der Waals surface area contributed by atoms with Crippen molar-refractivity contribution in [3.8, 4) is 17.2 Å². The molecule has 0 saturated carbocycles. The molecule has 10 heteroatoms. The lowest BCUT2D eigenvalue weighted by Gasteiger charge is -2.18. The second-order valence-corrected chi connectivity index (χ2v) is 8.58. The zero-order valence-electron chi connectivity index (χ0n) is 18.2. The van der Waals surface area contributed by atoms with Crippen molar-refractivity contribution in [2.24, 2.45) is 0 Å². The summed E-state index contributed by atoms with van der Waals surface area (Å²) in [5.41, 5.74) is 1.97. The summed E-state index contributed by atoms with van der Waals surface area (Å²) in [5, 5.41) is 21.6. The van der Waals surface area contributed by atoms with Crippen LogP contribution in [0.4, 0.5) is 8.78 Å². The SMILES string of the molecule is N#Cc1ccc(-c2ccc(C[C@H](NC(=O)c3c(Cl)ccc(F)c3F)C(=O)O)c3cccnc23)c(Cl)c1. The molecular weight excluding hydrogens is 511 g/mol. The van der Waals surface area contributed by atoms with Gasteiger partial charge in [0, 0.05) is 34.2 Å². The van der Waals surface area contributed by atoms with Crippen molar-refractivity contribution >= 4 is 46.0 Å². The molecule has 0 spiro atoms. The summed E-state index contributed by atoms with van der Waals surface area (Å²) in [6.45, 7) is 0. The number of hydrogen-bond donors (Lipinski definition) is 2. The first-order chi connectivity index (χ1) is 17.2. The Morgan fingerprint density at radius 3 is 2.50 bits per heavy atom. The molecule has 1 atom stereocenters. The van der Waals surface area contributed by atoms with Crippen LogP contribution in [0, 0.1) is 23.0 Å². The molecule has 0 fully saturated rings. The van der Waals surface area contributed by atoms with Crippen molar-refractivity contribution < 1.29 is 23.5 Å². The molecule has 4 aromatic rings. The Kier molecular flexibility index (Phi) is 7.15. The van der Waals surface area contributed by atoms with Crippen LogP contribution in [0.25, 0.3) is 22.0 Å². The first-order valence-corrected chi connectivity index (χ1v) is 11.2. The van der Waals surface area contributed by atoms with Gasteiger partial charge in [0.05, 0.1) is 27.7 Å². The van der Waals surface area contributed by atoms with Crippen LogP contribution >= 0.6 is 23.2 Å². The third-order valence-electron chi connectivity index (χ3n) is 5.55. The molecule has 0 aliphatic rings. The van der Waals surface area contributed by atoms with Gasteiger partial charge < -0.3 is 10.4 Å². The van der Waals surface area contributed by atoms with Crippen molar-refractivity contribution in [3.05, 3.63) is 99.2 Å². The van der Waals surface area contributed by atoms with Crippen molar-refractivity contribution in [2.45, 2.75) is 12.5 Å². The Morgan fingerprint density at radius 2 is 1.81 bits per heavy atom. The number of carbonyl (C=O) groups excluding carboxylic acids is 1. The molecular formula is C26H15Cl2F2N3O3. The number of aliphatic carboxylic acids is 1. The van der Waals surface area contributed by atoms with Crippen LogP contribution in [-0.4, -0.2) is 28.0 Å². The average molecular weight is 526 g/mol. The molecule has 3 aromatic carbocycles. The zero-order chi connectivity index (χ0) is 26.0. The normalized spacial score (nSPS) is 11.6. The number of halogens is 4. The first-order valence-electron chi connectivity index (χ1n) is 10.4. The summed E-state index contributed by atoms with van der Waals surface area (Å²) in [4.78, 5) is 29.0. The van der Waals surface area contributed by atoms with Gasteiger partial charge in [-0.1, -0.05) is 47.5 Å². The van der Waals surface area contributed by atoms with E-state index in [0.29, 0.717) is 38.2 Å². The Morgan fingerprint density at radius 1 is 1.06 bits per heavy atom. The predicted molar refractivity (Wildman–Crippen MR) is 131 cm³/mol. The molecule has 1 amide bonds. The highest BCUT2D eigenvalue weighted by Gasteiger charge is 2.26. The molecule has 0 aliphatic heterocycles. The standard InChI is InChI=1S/C26H15Cl2F2N3O3/c27-18-7-8-20(29)23(30)22(18)25(34)33-21(26(35)36)11-14-4-6-17(24-15(14)2-1-9-32-24)16-5-3-13(12-31)10-19(16)28/h1-10,21H,11H2,(H,33,34)(H,35,36)/t21-/m0/s1. The number of carbonyl (C=O) groups is 2. The molecule has 2 N–H and O–H groups in total. The van der Waals surface area contributed by atoms with Gasteiger partial charge >= 0.3 is 5.97 Å². The van der Waals surface area contributed by atoms with Gasteiger partial charge in [-0.15, -0.1) is 0 Å². The molecule has 36 heavy (non-hydrogen) atoms. The molecule has 180 valence electrons. The Bertz CT molecular complexity index is 1570. The topological polar surface area (TPSA) is 103 Å². The molecule has 4 rings (SSSR count). The van der Waals surface area contributed by atoms with E-state index >= 15 is 0 Å². The smallest absolute Gasteiger partial charge is 0.326 e. The van der Waals surface area contributed by atoms with Crippen LogP contribution in [0.3, 0.4) is 0 Å². The fraction of sp³-hybridized carbons (Fsp3) is 0.0769. The minimum atomic E-state index is -1.48. The number of carboxylic acid groups (broad SMARTS) is 1. The highest BCUT2D eigenvalue weighted by Crippen LogP contribution is 2.35. The molecule has 0 aliphatic carbocycles. The highest BCUT2D eigenvalue weighted by molar-refractivity contribution is 6.34. The molecule has 0 radical (unpaired) electrons. The lowest BCUT2D eigenvalue weighted by molar-refractivity contribution is -0.139. The van der Waals surface area contributed by atoms with Gasteiger partial charge in [-0.25, -0.2) is 13.6 Å². The molecule has 0 bridgehead atoms. The van der Waals surface area contributed by atoms with Gasteiger partial charge in [0.1, 0.15) is 6.04 Å². The van der Waals surface area contributed by atoms with Crippen LogP contribution in [0.1, 0.15) is 21.5 Å². The first kappa shape index (κ1) is 25.0. The number of hydrogen-bond acceptors (Lipinski definition) is 4. The minimum absolute atomic E-state index is 0.181. The maximum atomic E-state index is 14.2. The van der Waals surface area contributed by atoms with Gasteiger partial charge in [0.2, 0.25) is 0 Å². The highest BCUT2D eigenvalue weighted by atomic mass is 35.5. The summed E-state index contributed by atoms with van der Waals surface area (Å²) in [7, 11) is 0. The Hall–Kier alpha value is -4.06. The molecule has 1 aromatic heterocycles. The number of benzene rings is 3. The van der Waals surface area contributed by atoms with Crippen LogP contribution in [-0.2, 0) is 11.2 Å². The summed E-state index contributed by atoms with van der Waals surface area (Å²) >= 11 is 12.2. The van der Waals surface area contributed by atoms with E-state index in [9.17, 15) is 23.5 Å². The van der Waals surface area contributed by atoms with Gasteiger partial charge in [-0.3, -0.25) is 9.78 Å². The number of nitriles is 1.